The van der Waals surface area contributed by atoms with Crippen LogP contribution in [0.15, 0.2) is 42.5 Å². The van der Waals surface area contributed by atoms with Crippen molar-refractivity contribution in [3.63, 3.8) is 0 Å². The lowest BCUT2D eigenvalue weighted by Crippen LogP contribution is -2.16. The fraction of sp³-hybridized carbons (Fsp3) is 0.143. The smallest absolute Gasteiger partial charge is 0.507 e. The van der Waals surface area contributed by atoms with Crippen LogP contribution in [0.25, 0.3) is 0 Å². The molecule has 0 unspecified atom stereocenters. The number of halogens is 6. The zero-order valence-electron chi connectivity index (χ0n) is 11.1. The summed E-state index contributed by atoms with van der Waals surface area (Å²) in [5, 5.41) is 9.18. The first-order chi connectivity index (χ1) is 10.5. The van der Waals surface area contributed by atoms with Gasteiger partial charge in [-0.3, -0.25) is 0 Å². The third kappa shape index (κ3) is 4.70. The summed E-state index contributed by atoms with van der Waals surface area (Å²) in [5.74, 6) is -1.69. The standard InChI is InChI=1S/C14H8F6O3/c15-13(16,17)11-7-10(5-6-12(11)21)22-8-1-3-9(4-2-8)23-14(18,19)20/h1-7,21H. The lowest BCUT2D eigenvalue weighted by Gasteiger charge is -2.12. The van der Waals surface area contributed by atoms with E-state index in [1.54, 1.807) is 0 Å². The van der Waals surface area contributed by atoms with Gasteiger partial charge in [-0.15, -0.1) is 13.2 Å². The minimum Gasteiger partial charge on any atom is -0.507 e. The molecule has 0 atom stereocenters. The summed E-state index contributed by atoms with van der Waals surface area (Å²) in [4.78, 5) is 0. The summed E-state index contributed by atoms with van der Waals surface area (Å²) in [7, 11) is 0. The molecule has 0 aromatic heterocycles. The number of aromatic hydroxyl groups is 1. The average Bonchev–Trinajstić information content (AvgIpc) is 2.40. The Morgan fingerprint density at radius 1 is 0.739 bits per heavy atom. The van der Waals surface area contributed by atoms with Gasteiger partial charge in [-0.1, -0.05) is 0 Å². The van der Waals surface area contributed by atoms with E-state index in [9.17, 15) is 31.4 Å². The van der Waals surface area contributed by atoms with Crippen LogP contribution in [0, 0.1) is 0 Å². The van der Waals surface area contributed by atoms with E-state index in [0.717, 1.165) is 36.4 Å². The summed E-state index contributed by atoms with van der Waals surface area (Å²) in [5.41, 5.74) is -1.29. The quantitative estimate of drug-likeness (QED) is 0.791. The third-order valence-electron chi connectivity index (χ3n) is 2.57. The van der Waals surface area contributed by atoms with Gasteiger partial charge in [0.2, 0.25) is 0 Å². The highest BCUT2D eigenvalue weighted by atomic mass is 19.4. The van der Waals surface area contributed by atoms with Gasteiger partial charge in [-0.25, -0.2) is 0 Å². The number of hydrogen-bond acceptors (Lipinski definition) is 3. The molecule has 0 aliphatic heterocycles. The number of ether oxygens (including phenoxy) is 2. The second-order valence-electron chi connectivity index (χ2n) is 4.30. The molecule has 0 saturated carbocycles. The number of rotatable bonds is 3. The van der Waals surface area contributed by atoms with Gasteiger partial charge < -0.3 is 14.6 Å². The number of hydrogen-bond donors (Lipinski definition) is 1. The molecular weight excluding hydrogens is 330 g/mol. The maximum Gasteiger partial charge on any atom is 0.573 e. The maximum atomic E-state index is 12.6. The summed E-state index contributed by atoms with van der Waals surface area (Å²) in [6.07, 6.45) is -9.62. The first-order valence-corrected chi connectivity index (χ1v) is 5.98. The SMILES string of the molecule is Oc1ccc(Oc2ccc(OC(F)(F)F)cc2)cc1C(F)(F)F. The van der Waals surface area contributed by atoms with Gasteiger partial charge in [-0.05, 0) is 42.5 Å². The van der Waals surface area contributed by atoms with Gasteiger partial charge in [0.15, 0.2) is 0 Å². The zero-order chi connectivity index (χ0) is 17.3. The van der Waals surface area contributed by atoms with Gasteiger partial charge >= 0.3 is 12.5 Å². The van der Waals surface area contributed by atoms with Crippen molar-refractivity contribution in [2.24, 2.45) is 0 Å². The highest BCUT2D eigenvalue weighted by Gasteiger charge is 2.34. The monoisotopic (exact) mass is 338 g/mol. The largest absolute Gasteiger partial charge is 0.573 e. The van der Waals surface area contributed by atoms with E-state index >= 15 is 0 Å². The Morgan fingerprint density at radius 2 is 1.26 bits per heavy atom. The fourth-order valence-electron chi connectivity index (χ4n) is 1.65. The van der Waals surface area contributed by atoms with Crippen LogP contribution in [0.5, 0.6) is 23.0 Å². The molecule has 2 aromatic carbocycles. The first-order valence-electron chi connectivity index (χ1n) is 5.98. The second kappa shape index (κ2) is 5.90. The lowest BCUT2D eigenvalue weighted by atomic mass is 10.2. The zero-order valence-corrected chi connectivity index (χ0v) is 11.1. The molecule has 0 heterocycles. The molecule has 0 fully saturated rings. The van der Waals surface area contributed by atoms with Crippen LogP contribution in [-0.4, -0.2) is 11.5 Å². The predicted molar refractivity (Wildman–Crippen MR) is 66.3 cm³/mol. The van der Waals surface area contributed by atoms with Crippen molar-refractivity contribution in [1.82, 2.24) is 0 Å². The van der Waals surface area contributed by atoms with Crippen molar-refractivity contribution in [1.29, 1.82) is 0 Å². The van der Waals surface area contributed by atoms with Crippen molar-refractivity contribution in [3.8, 4) is 23.0 Å². The fourth-order valence-corrected chi connectivity index (χ4v) is 1.65. The van der Waals surface area contributed by atoms with Crippen molar-refractivity contribution >= 4 is 0 Å². The Bertz CT molecular complexity index is 676. The highest BCUT2D eigenvalue weighted by molar-refractivity contribution is 5.43. The first kappa shape index (κ1) is 16.8. The molecule has 0 radical (unpaired) electrons. The second-order valence-corrected chi connectivity index (χ2v) is 4.30. The minimum atomic E-state index is -4.85. The molecule has 3 nitrogen and oxygen atoms in total. The van der Waals surface area contributed by atoms with E-state index in [1.165, 1.54) is 0 Å². The molecule has 1 N–H and O–H groups in total. The van der Waals surface area contributed by atoms with Crippen molar-refractivity contribution in [3.05, 3.63) is 48.0 Å². The van der Waals surface area contributed by atoms with Crippen LogP contribution in [0.1, 0.15) is 5.56 Å². The van der Waals surface area contributed by atoms with Crippen LogP contribution < -0.4 is 9.47 Å². The normalized spacial score (nSPS) is 12.1. The Balaban J connectivity index is 2.17. The van der Waals surface area contributed by atoms with E-state index in [2.05, 4.69) is 4.74 Å². The highest BCUT2D eigenvalue weighted by Crippen LogP contribution is 2.38. The molecule has 0 saturated heterocycles. The van der Waals surface area contributed by atoms with E-state index in [0.29, 0.717) is 6.07 Å². The van der Waals surface area contributed by atoms with Gasteiger partial charge in [-0.2, -0.15) is 13.2 Å². The number of phenolic OH excluding ortho intramolecular Hbond substituents is 1. The Labute approximate surface area is 125 Å². The lowest BCUT2D eigenvalue weighted by molar-refractivity contribution is -0.274. The molecular formula is C14H8F6O3. The van der Waals surface area contributed by atoms with Crippen LogP contribution in [0.4, 0.5) is 26.3 Å². The molecule has 0 bridgehead atoms. The number of benzene rings is 2. The topological polar surface area (TPSA) is 38.7 Å². The molecule has 124 valence electrons. The summed E-state index contributed by atoms with van der Waals surface area (Å²) < 4.78 is 82.7. The molecule has 2 aromatic rings. The molecule has 0 aliphatic carbocycles. The van der Waals surface area contributed by atoms with E-state index in [1.807, 2.05) is 0 Å². The Hall–Kier alpha value is -2.58. The van der Waals surface area contributed by atoms with E-state index in [-0.39, 0.29) is 11.5 Å². The molecule has 0 spiro atoms. The Kier molecular flexibility index (Phi) is 4.31. The molecule has 2 rings (SSSR count). The Morgan fingerprint density at radius 3 is 1.78 bits per heavy atom. The van der Waals surface area contributed by atoms with Gasteiger partial charge in [0.1, 0.15) is 28.6 Å². The van der Waals surface area contributed by atoms with Gasteiger partial charge in [0.05, 0.1) is 0 Å². The summed E-state index contributed by atoms with van der Waals surface area (Å²) >= 11 is 0. The number of phenols is 1. The predicted octanol–water partition coefficient (Wildman–Crippen LogP) is 5.10. The van der Waals surface area contributed by atoms with Gasteiger partial charge in [0, 0.05) is 0 Å². The van der Waals surface area contributed by atoms with Crippen molar-refractivity contribution < 1.29 is 40.9 Å². The average molecular weight is 338 g/mol. The molecule has 23 heavy (non-hydrogen) atoms. The van der Waals surface area contributed by atoms with Gasteiger partial charge in [0.25, 0.3) is 0 Å². The third-order valence-corrected chi connectivity index (χ3v) is 2.57. The molecule has 0 amide bonds. The van der Waals surface area contributed by atoms with E-state index < -0.39 is 29.6 Å². The van der Waals surface area contributed by atoms with E-state index in [4.69, 9.17) is 4.74 Å². The molecule has 9 heteroatoms. The minimum absolute atomic E-state index is 0.00154. The maximum absolute atomic E-state index is 12.6. The molecule has 0 aliphatic rings. The summed E-state index contributed by atoms with van der Waals surface area (Å²) in [6, 6.07) is 6.57. The van der Waals surface area contributed by atoms with Crippen LogP contribution in [-0.2, 0) is 6.18 Å². The van der Waals surface area contributed by atoms with Crippen LogP contribution >= 0.6 is 0 Å². The summed E-state index contributed by atoms with van der Waals surface area (Å²) in [6.45, 7) is 0. The van der Waals surface area contributed by atoms with Crippen LogP contribution in [0.2, 0.25) is 0 Å². The number of alkyl halides is 6. The van der Waals surface area contributed by atoms with Crippen molar-refractivity contribution in [2.45, 2.75) is 12.5 Å². The van der Waals surface area contributed by atoms with Crippen LogP contribution in [0.3, 0.4) is 0 Å². The van der Waals surface area contributed by atoms with Crippen molar-refractivity contribution in [2.75, 3.05) is 0 Å².